The first-order valence-electron chi connectivity index (χ1n) is 6.90. The lowest BCUT2D eigenvalue weighted by atomic mass is 10.1. The lowest BCUT2D eigenvalue weighted by molar-refractivity contribution is 0.198. The summed E-state index contributed by atoms with van der Waals surface area (Å²) in [6.45, 7) is 8.97. The van der Waals surface area contributed by atoms with Crippen molar-refractivity contribution >= 4 is 15.9 Å². The fourth-order valence-electron chi connectivity index (χ4n) is 2.56. The Morgan fingerprint density at radius 1 is 1.44 bits per heavy atom. The lowest BCUT2D eigenvalue weighted by Gasteiger charge is -2.32. The number of rotatable bonds is 4. The van der Waals surface area contributed by atoms with Crippen molar-refractivity contribution in [3.8, 4) is 0 Å². The molecule has 0 saturated carbocycles. The summed E-state index contributed by atoms with van der Waals surface area (Å²) in [4.78, 5) is 2.53. The Balaban J connectivity index is 1.87. The summed E-state index contributed by atoms with van der Waals surface area (Å²) in [7, 11) is 0. The Hall–Kier alpha value is -0.380. The van der Waals surface area contributed by atoms with Crippen LogP contribution in [-0.4, -0.2) is 30.6 Å². The number of nitrogens with zero attached hydrogens (tertiary/aromatic N) is 1. The third kappa shape index (κ3) is 3.81. The van der Waals surface area contributed by atoms with E-state index in [2.05, 4.69) is 58.2 Å². The molecule has 1 N–H and O–H groups in total. The molecule has 0 aromatic heterocycles. The van der Waals surface area contributed by atoms with E-state index in [0.717, 1.165) is 6.54 Å². The number of likely N-dealkylation sites (N-methyl/N-ethyl adjacent to an activating group) is 1. The van der Waals surface area contributed by atoms with Crippen LogP contribution in [0.3, 0.4) is 0 Å². The van der Waals surface area contributed by atoms with E-state index in [1.165, 1.54) is 48.1 Å². The maximum absolute atomic E-state index is 3.69. The van der Waals surface area contributed by atoms with Gasteiger partial charge in [-0.2, -0.15) is 0 Å². The summed E-state index contributed by atoms with van der Waals surface area (Å²) < 4.78 is 1.22. The van der Waals surface area contributed by atoms with Crippen LogP contribution < -0.4 is 5.32 Å². The molecule has 1 aromatic rings. The first kappa shape index (κ1) is 14.0. The molecule has 1 fully saturated rings. The van der Waals surface area contributed by atoms with Gasteiger partial charge in [-0.25, -0.2) is 0 Å². The van der Waals surface area contributed by atoms with Crippen molar-refractivity contribution < 1.29 is 0 Å². The normalized spacial score (nSPS) is 21.2. The maximum atomic E-state index is 3.69. The van der Waals surface area contributed by atoms with Crippen molar-refractivity contribution in [3.05, 3.63) is 33.8 Å². The third-order valence-corrected chi connectivity index (χ3v) is 4.48. The Morgan fingerprint density at radius 3 is 3.00 bits per heavy atom. The zero-order valence-corrected chi connectivity index (χ0v) is 13.0. The molecule has 0 aliphatic carbocycles. The standard InChI is InChI=1S/C15H23BrN2/c1-3-18-8-4-5-14(11-18)17-10-13-7-6-12(2)9-15(13)16/h6-7,9,14,17H,3-5,8,10-11H2,1-2H3. The molecule has 1 aromatic carbocycles. The summed E-state index contributed by atoms with van der Waals surface area (Å²) >= 11 is 3.65. The maximum Gasteiger partial charge on any atom is 0.0222 e. The number of hydrogen-bond acceptors (Lipinski definition) is 2. The van der Waals surface area contributed by atoms with Crippen LogP contribution >= 0.6 is 15.9 Å². The molecule has 1 aliphatic heterocycles. The van der Waals surface area contributed by atoms with E-state index >= 15 is 0 Å². The molecule has 1 aliphatic rings. The minimum atomic E-state index is 0.645. The minimum Gasteiger partial charge on any atom is -0.309 e. The summed E-state index contributed by atoms with van der Waals surface area (Å²) in [5, 5.41) is 3.69. The SMILES string of the molecule is CCN1CCCC(NCc2ccc(C)cc2Br)C1. The van der Waals surface area contributed by atoms with Crippen LogP contribution in [-0.2, 0) is 6.54 Å². The predicted octanol–water partition coefficient (Wildman–Crippen LogP) is 3.33. The van der Waals surface area contributed by atoms with E-state index in [4.69, 9.17) is 0 Å². The second-order valence-corrected chi connectivity index (χ2v) is 6.06. The van der Waals surface area contributed by atoms with Gasteiger partial charge in [0.1, 0.15) is 0 Å². The average molecular weight is 311 g/mol. The molecular formula is C15H23BrN2. The monoisotopic (exact) mass is 310 g/mol. The van der Waals surface area contributed by atoms with Crippen molar-refractivity contribution in [1.82, 2.24) is 10.2 Å². The van der Waals surface area contributed by atoms with Gasteiger partial charge in [0.15, 0.2) is 0 Å². The third-order valence-electron chi connectivity index (χ3n) is 3.74. The van der Waals surface area contributed by atoms with Gasteiger partial charge in [-0.1, -0.05) is 35.0 Å². The fraction of sp³-hybridized carbons (Fsp3) is 0.600. The van der Waals surface area contributed by atoms with Crippen LogP contribution in [0.25, 0.3) is 0 Å². The molecule has 1 atom stereocenters. The highest BCUT2D eigenvalue weighted by molar-refractivity contribution is 9.10. The molecule has 2 nitrogen and oxygen atoms in total. The van der Waals surface area contributed by atoms with Crippen molar-refractivity contribution in [3.63, 3.8) is 0 Å². The molecule has 3 heteroatoms. The number of nitrogens with one attached hydrogen (secondary N) is 1. The zero-order valence-electron chi connectivity index (χ0n) is 11.4. The average Bonchev–Trinajstić information content (AvgIpc) is 2.38. The van der Waals surface area contributed by atoms with Gasteiger partial charge in [-0.3, -0.25) is 0 Å². The van der Waals surface area contributed by atoms with Gasteiger partial charge in [0.2, 0.25) is 0 Å². The van der Waals surface area contributed by atoms with Gasteiger partial charge in [0.25, 0.3) is 0 Å². The molecule has 18 heavy (non-hydrogen) atoms. The van der Waals surface area contributed by atoms with Gasteiger partial charge < -0.3 is 10.2 Å². The summed E-state index contributed by atoms with van der Waals surface area (Å²) in [5.41, 5.74) is 2.66. The van der Waals surface area contributed by atoms with E-state index in [1.54, 1.807) is 0 Å². The molecule has 0 radical (unpaired) electrons. The van der Waals surface area contributed by atoms with Crippen LogP contribution in [0.4, 0.5) is 0 Å². The Labute approximate surface area is 119 Å². The molecule has 1 saturated heterocycles. The molecule has 100 valence electrons. The molecule has 1 unspecified atom stereocenters. The van der Waals surface area contributed by atoms with Gasteiger partial charge in [-0.15, -0.1) is 0 Å². The number of halogens is 1. The highest BCUT2D eigenvalue weighted by Crippen LogP contribution is 2.19. The first-order chi connectivity index (χ1) is 8.69. The van der Waals surface area contributed by atoms with Crippen LogP contribution in [0.5, 0.6) is 0 Å². The number of hydrogen-bond donors (Lipinski definition) is 1. The Bertz CT molecular complexity index is 392. The van der Waals surface area contributed by atoms with Crippen LogP contribution in [0.2, 0.25) is 0 Å². The van der Waals surface area contributed by atoms with E-state index in [-0.39, 0.29) is 0 Å². The summed E-state index contributed by atoms with van der Waals surface area (Å²) in [6.07, 6.45) is 2.63. The van der Waals surface area contributed by atoms with Crippen molar-refractivity contribution in [2.24, 2.45) is 0 Å². The quantitative estimate of drug-likeness (QED) is 0.917. The lowest BCUT2D eigenvalue weighted by Crippen LogP contribution is -2.45. The molecule has 0 spiro atoms. The Morgan fingerprint density at radius 2 is 2.28 bits per heavy atom. The fourth-order valence-corrected chi connectivity index (χ4v) is 3.19. The van der Waals surface area contributed by atoms with Gasteiger partial charge in [-0.05, 0) is 50.0 Å². The number of piperidine rings is 1. The topological polar surface area (TPSA) is 15.3 Å². The molecule has 0 bridgehead atoms. The van der Waals surface area contributed by atoms with Gasteiger partial charge in [0, 0.05) is 23.6 Å². The highest BCUT2D eigenvalue weighted by atomic mass is 79.9. The van der Waals surface area contributed by atoms with Crippen LogP contribution in [0.1, 0.15) is 30.9 Å². The van der Waals surface area contributed by atoms with Crippen LogP contribution in [0, 0.1) is 6.92 Å². The summed E-state index contributed by atoms with van der Waals surface area (Å²) in [5.74, 6) is 0. The van der Waals surface area contributed by atoms with E-state index in [1.807, 2.05) is 0 Å². The Kier molecular flexibility index (Phi) is 5.22. The number of likely N-dealkylation sites (tertiary alicyclic amines) is 1. The van der Waals surface area contributed by atoms with Crippen molar-refractivity contribution in [2.75, 3.05) is 19.6 Å². The first-order valence-corrected chi connectivity index (χ1v) is 7.69. The highest BCUT2D eigenvalue weighted by Gasteiger charge is 2.18. The van der Waals surface area contributed by atoms with Gasteiger partial charge in [0.05, 0.1) is 0 Å². The van der Waals surface area contributed by atoms with E-state index in [9.17, 15) is 0 Å². The number of benzene rings is 1. The molecule has 2 rings (SSSR count). The molecule has 0 amide bonds. The van der Waals surface area contributed by atoms with E-state index < -0.39 is 0 Å². The molecular weight excluding hydrogens is 288 g/mol. The van der Waals surface area contributed by atoms with E-state index in [0.29, 0.717) is 6.04 Å². The zero-order chi connectivity index (χ0) is 13.0. The minimum absolute atomic E-state index is 0.645. The van der Waals surface area contributed by atoms with Crippen molar-refractivity contribution in [2.45, 2.75) is 39.3 Å². The molecule has 1 heterocycles. The second kappa shape index (κ2) is 6.69. The predicted molar refractivity (Wildman–Crippen MR) is 80.9 cm³/mol. The number of aryl methyl sites for hydroxylation is 1. The summed E-state index contributed by atoms with van der Waals surface area (Å²) in [6, 6.07) is 7.23. The van der Waals surface area contributed by atoms with Crippen LogP contribution in [0.15, 0.2) is 22.7 Å². The smallest absolute Gasteiger partial charge is 0.0222 e. The van der Waals surface area contributed by atoms with Crippen molar-refractivity contribution in [1.29, 1.82) is 0 Å². The largest absolute Gasteiger partial charge is 0.309 e. The second-order valence-electron chi connectivity index (χ2n) is 5.21. The van der Waals surface area contributed by atoms with Gasteiger partial charge >= 0.3 is 0 Å².